The molecule has 0 fully saturated rings. The van der Waals surface area contributed by atoms with E-state index in [0.717, 1.165) is 21.9 Å². The summed E-state index contributed by atoms with van der Waals surface area (Å²) in [6, 6.07) is 7.88. The molecule has 1 aromatic carbocycles. The molecule has 98 valence electrons. The van der Waals surface area contributed by atoms with E-state index in [1.165, 1.54) is 0 Å². The minimum atomic E-state index is 0.151. The number of anilines is 1. The molecule has 0 amide bonds. The van der Waals surface area contributed by atoms with Crippen LogP contribution in [0.5, 0.6) is 0 Å². The van der Waals surface area contributed by atoms with Crippen molar-refractivity contribution in [1.82, 2.24) is 14.5 Å². The van der Waals surface area contributed by atoms with Crippen LogP contribution < -0.4 is 5.73 Å². The summed E-state index contributed by atoms with van der Waals surface area (Å²) in [5.41, 5.74) is 8.54. The van der Waals surface area contributed by atoms with Crippen LogP contribution in [0.3, 0.4) is 0 Å². The van der Waals surface area contributed by atoms with Crippen LogP contribution >= 0.6 is 0 Å². The molecule has 3 rings (SSSR count). The summed E-state index contributed by atoms with van der Waals surface area (Å²) in [6.45, 7) is 2.86. The summed E-state index contributed by atoms with van der Waals surface area (Å²) in [5, 5.41) is 10.2. The van der Waals surface area contributed by atoms with E-state index in [0.29, 0.717) is 12.4 Å². The lowest BCUT2D eigenvalue weighted by Gasteiger charge is -2.11. The Hall–Kier alpha value is -2.14. The number of nitrogens with two attached hydrogens (primary N) is 1. The minimum Gasteiger partial charge on any atom is -0.396 e. The number of benzene rings is 1. The van der Waals surface area contributed by atoms with E-state index < -0.39 is 0 Å². The number of hydrogen-bond donors (Lipinski definition) is 2. The highest BCUT2D eigenvalue weighted by molar-refractivity contribution is 6.06. The van der Waals surface area contributed by atoms with E-state index in [9.17, 15) is 5.11 Å². The van der Waals surface area contributed by atoms with Gasteiger partial charge in [-0.05, 0) is 12.0 Å². The number of para-hydroxylation sites is 1. The van der Waals surface area contributed by atoms with Crippen LogP contribution in [0.2, 0.25) is 0 Å². The number of pyridine rings is 1. The van der Waals surface area contributed by atoms with Crippen molar-refractivity contribution >= 4 is 27.8 Å². The van der Waals surface area contributed by atoms with Crippen molar-refractivity contribution in [3.63, 3.8) is 0 Å². The van der Waals surface area contributed by atoms with E-state index in [4.69, 9.17) is 5.73 Å². The Morgan fingerprint density at radius 2 is 2.16 bits per heavy atom. The van der Waals surface area contributed by atoms with E-state index >= 15 is 0 Å². The van der Waals surface area contributed by atoms with Crippen molar-refractivity contribution in [2.45, 2.75) is 13.5 Å². The van der Waals surface area contributed by atoms with Gasteiger partial charge in [0, 0.05) is 18.5 Å². The van der Waals surface area contributed by atoms with Crippen LogP contribution in [0.25, 0.3) is 21.9 Å². The largest absolute Gasteiger partial charge is 0.396 e. The van der Waals surface area contributed by atoms with Crippen LogP contribution in [0.1, 0.15) is 6.92 Å². The highest BCUT2D eigenvalue weighted by atomic mass is 16.3. The van der Waals surface area contributed by atoms with Gasteiger partial charge < -0.3 is 15.4 Å². The van der Waals surface area contributed by atoms with Gasteiger partial charge in [0.25, 0.3) is 0 Å². The van der Waals surface area contributed by atoms with Crippen LogP contribution in [-0.4, -0.2) is 26.2 Å². The fraction of sp³-hybridized carbons (Fsp3) is 0.286. The first-order chi connectivity index (χ1) is 9.20. The summed E-state index contributed by atoms with van der Waals surface area (Å²) >= 11 is 0. The molecular formula is C14H16N4O. The van der Waals surface area contributed by atoms with Gasteiger partial charge in [-0.25, -0.2) is 9.97 Å². The molecule has 0 aliphatic heterocycles. The Morgan fingerprint density at radius 1 is 1.37 bits per heavy atom. The van der Waals surface area contributed by atoms with Gasteiger partial charge in [-0.1, -0.05) is 25.1 Å². The highest BCUT2D eigenvalue weighted by Gasteiger charge is 2.13. The highest BCUT2D eigenvalue weighted by Crippen LogP contribution is 2.27. The standard InChI is InChI=1S/C14H16N4O/c1-9(7-19)6-18-8-16-12-13(18)10-4-2-3-5-11(10)17-14(12)15/h2-5,8-9,19H,6-7H2,1H3,(H2,15,17)/t9-/m1/s1. The first kappa shape index (κ1) is 11.9. The fourth-order valence-electron chi connectivity index (χ4n) is 2.34. The van der Waals surface area contributed by atoms with Crippen LogP contribution in [0.15, 0.2) is 30.6 Å². The second-order valence-electron chi connectivity index (χ2n) is 4.90. The number of imidazole rings is 1. The Balaban J connectivity index is 2.30. The van der Waals surface area contributed by atoms with Crippen LogP contribution in [0, 0.1) is 5.92 Å². The predicted molar refractivity (Wildman–Crippen MR) is 75.7 cm³/mol. The number of aliphatic hydroxyl groups excluding tert-OH is 1. The number of hydrogen-bond acceptors (Lipinski definition) is 4. The first-order valence-corrected chi connectivity index (χ1v) is 6.30. The third kappa shape index (κ3) is 1.92. The zero-order valence-electron chi connectivity index (χ0n) is 10.7. The third-order valence-electron chi connectivity index (χ3n) is 3.30. The molecule has 0 aliphatic rings. The number of nitrogens with zero attached hydrogens (tertiary/aromatic N) is 3. The van der Waals surface area contributed by atoms with Gasteiger partial charge in [0.15, 0.2) is 5.82 Å². The van der Waals surface area contributed by atoms with Gasteiger partial charge in [-0.15, -0.1) is 0 Å². The third-order valence-corrected chi connectivity index (χ3v) is 3.30. The lowest BCUT2D eigenvalue weighted by molar-refractivity contribution is 0.224. The van der Waals surface area contributed by atoms with Crippen molar-refractivity contribution in [3.8, 4) is 0 Å². The molecule has 0 spiro atoms. The SMILES string of the molecule is C[C@@H](CO)Cn1cnc2c(N)nc3ccccc3c21. The Kier molecular flexibility index (Phi) is 2.83. The predicted octanol–water partition coefficient (Wildman–Crippen LogP) is 1.80. The number of rotatable bonds is 3. The van der Waals surface area contributed by atoms with Gasteiger partial charge in [0.2, 0.25) is 0 Å². The smallest absolute Gasteiger partial charge is 0.152 e. The van der Waals surface area contributed by atoms with Crippen molar-refractivity contribution in [2.24, 2.45) is 5.92 Å². The number of fused-ring (bicyclic) bond motifs is 3. The number of nitrogen functional groups attached to an aromatic ring is 1. The molecule has 0 radical (unpaired) electrons. The van der Waals surface area contributed by atoms with Gasteiger partial charge in [0.1, 0.15) is 5.52 Å². The molecule has 3 aromatic rings. The second-order valence-corrected chi connectivity index (χ2v) is 4.90. The van der Waals surface area contributed by atoms with Gasteiger partial charge in [-0.3, -0.25) is 0 Å². The van der Waals surface area contributed by atoms with Gasteiger partial charge in [0.05, 0.1) is 17.4 Å². The average molecular weight is 256 g/mol. The topological polar surface area (TPSA) is 77.0 Å². The van der Waals surface area contributed by atoms with Crippen molar-refractivity contribution in [3.05, 3.63) is 30.6 Å². The molecule has 0 saturated carbocycles. The molecule has 5 heteroatoms. The molecule has 2 aromatic heterocycles. The molecule has 0 unspecified atom stereocenters. The molecule has 0 saturated heterocycles. The lowest BCUT2D eigenvalue weighted by atomic mass is 10.1. The maximum Gasteiger partial charge on any atom is 0.152 e. The summed E-state index contributed by atoms with van der Waals surface area (Å²) in [7, 11) is 0. The van der Waals surface area contributed by atoms with Crippen molar-refractivity contribution in [1.29, 1.82) is 0 Å². The van der Waals surface area contributed by atoms with E-state index in [-0.39, 0.29) is 12.5 Å². The Morgan fingerprint density at radius 3 is 2.95 bits per heavy atom. The van der Waals surface area contributed by atoms with Crippen LogP contribution in [-0.2, 0) is 6.54 Å². The van der Waals surface area contributed by atoms with Crippen molar-refractivity contribution in [2.75, 3.05) is 12.3 Å². The molecule has 1 atom stereocenters. The normalized spacial score (nSPS) is 13.2. The maximum atomic E-state index is 9.20. The first-order valence-electron chi connectivity index (χ1n) is 6.30. The molecule has 5 nitrogen and oxygen atoms in total. The van der Waals surface area contributed by atoms with Crippen LogP contribution in [0.4, 0.5) is 5.82 Å². The molecule has 19 heavy (non-hydrogen) atoms. The molecular weight excluding hydrogens is 240 g/mol. The van der Waals surface area contributed by atoms with E-state index in [2.05, 4.69) is 9.97 Å². The average Bonchev–Trinajstić information content (AvgIpc) is 2.83. The number of aromatic nitrogens is 3. The van der Waals surface area contributed by atoms with E-state index in [1.807, 2.05) is 35.8 Å². The second kappa shape index (κ2) is 4.51. The van der Waals surface area contributed by atoms with Gasteiger partial charge >= 0.3 is 0 Å². The summed E-state index contributed by atoms with van der Waals surface area (Å²) in [6.07, 6.45) is 1.77. The number of aliphatic hydroxyl groups is 1. The Labute approximate surface area is 110 Å². The fourth-order valence-corrected chi connectivity index (χ4v) is 2.34. The molecule has 0 bridgehead atoms. The lowest BCUT2D eigenvalue weighted by Crippen LogP contribution is -2.10. The van der Waals surface area contributed by atoms with E-state index in [1.54, 1.807) is 6.33 Å². The zero-order valence-corrected chi connectivity index (χ0v) is 10.7. The molecule has 0 aliphatic carbocycles. The van der Waals surface area contributed by atoms with Gasteiger partial charge in [-0.2, -0.15) is 0 Å². The van der Waals surface area contributed by atoms with Crippen molar-refractivity contribution < 1.29 is 5.11 Å². The summed E-state index contributed by atoms with van der Waals surface area (Å²) < 4.78 is 2.04. The summed E-state index contributed by atoms with van der Waals surface area (Å²) in [5.74, 6) is 0.620. The molecule has 3 N–H and O–H groups in total. The monoisotopic (exact) mass is 256 g/mol. The maximum absolute atomic E-state index is 9.20. The minimum absolute atomic E-state index is 0.151. The summed E-state index contributed by atoms with van der Waals surface area (Å²) in [4.78, 5) is 8.72. The molecule has 2 heterocycles. The quantitative estimate of drug-likeness (QED) is 0.749. The zero-order chi connectivity index (χ0) is 13.4. The Bertz CT molecular complexity index is 735.